The van der Waals surface area contributed by atoms with Crippen LogP contribution < -0.4 is 5.32 Å². The number of nitrogens with zero attached hydrogens (tertiary/aromatic N) is 3. The Morgan fingerprint density at radius 2 is 2.21 bits per heavy atom. The highest BCUT2D eigenvalue weighted by atomic mass is 15.2. The molecule has 2 heterocycles. The molecule has 5 nitrogen and oxygen atoms in total. The number of rotatable bonds is 4. The molecule has 0 spiro atoms. The monoisotopic (exact) mass is 265 g/mol. The van der Waals surface area contributed by atoms with Crippen molar-refractivity contribution in [2.45, 2.75) is 38.9 Å². The van der Waals surface area contributed by atoms with Gasteiger partial charge in [-0.25, -0.2) is 4.98 Å². The summed E-state index contributed by atoms with van der Waals surface area (Å²) in [7, 11) is 4.38. The van der Waals surface area contributed by atoms with Gasteiger partial charge in [-0.1, -0.05) is 13.8 Å². The van der Waals surface area contributed by atoms with E-state index in [-0.39, 0.29) is 0 Å². The Labute approximate surface area is 116 Å². The first-order valence-corrected chi connectivity index (χ1v) is 7.22. The average molecular weight is 265 g/mol. The number of H-pyrrole nitrogens is 1. The fourth-order valence-corrected chi connectivity index (χ4v) is 2.52. The molecule has 108 valence electrons. The molecule has 1 aromatic heterocycles. The highest BCUT2D eigenvalue weighted by molar-refractivity contribution is 5.06. The molecule has 1 saturated heterocycles. The molecule has 0 saturated carbocycles. The SMILES string of the molecule is CC(C)NCc1cnc(C2CN(C)CCCN2C)[nH]1. The Balaban J connectivity index is 2.03. The summed E-state index contributed by atoms with van der Waals surface area (Å²) >= 11 is 0. The molecular formula is C14H27N5. The van der Waals surface area contributed by atoms with Gasteiger partial charge in [-0.15, -0.1) is 0 Å². The second kappa shape index (κ2) is 6.50. The predicted octanol–water partition coefficient (Wildman–Crippen LogP) is 1.22. The lowest BCUT2D eigenvalue weighted by molar-refractivity contribution is 0.220. The Morgan fingerprint density at radius 1 is 1.42 bits per heavy atom. The molecule has 0 aliphatic carbocycles. The van der Waals surface area contributed by atoms with Crippen molar-refractivity contribution in [1.82, 2.24) is 25.1 Å². The molecular weight excluding hydrogens is 238 g/mol. The Hall–Kier alpha value is -0.910. The smallest absolute Gasteiger partial charge is 0.125 e. The number of aromatic amines is 1. The lowest BCUT2D eigenvalue weighted by Crippen LogP contribution is -2.31. The van der Waals surface area contributed by atoms with Crippen LogP contribution in [0.3, 0.4) is 0 Å². The molecule has 0 radical (unpaired) electrons. The lowest BCUT2D eigenvalue weighted by Gasteiger charge is -2.25. The van der Waals surface area contributed by atoms with Gasteiger partial charge >= 0.3 is 0 Å². The minimum Gasteiger partial charge on any atom is -0.343 e. The maximum Gasteiger partial charge on any atom is 0.125 e. The summed E-state index contributed by atoms with van der Waals surface area (Å²) in [6.07, 6.45) is 3.19. The van der Waals surface area contributed by atoms with E-state index in [2.05, 4.69) is 53.0 Å². The Morgan fingerprint density at radius 3 is 2.95 bits per heavy atom. The third-order valence-corrected chi connectivity index (χ3v) is 3.73. The quantitative estimate of drug-likeness (QED) is 0.859. The van der Waals surface area contributed by atoms with Crippen LogP contribution in [0.2, 0.25) is 0 Å². The molecule has 1 aromatic rings. The van der Waals surface area contributed by atoms with Crippen molar-refractivity contribution in [3.63, 3.8) is 0 Å². The van der Waals surface area contributed by atoms with Crippen molar-refractivity contribution >= 4 is 0 Å². The van der Waals surface area contributed by atoms with E-state index in [1.165, 1.54) is 18.7 Å². The maximum absolute atomic E-state index is 4.58. The number of hydrogen-bond acceptors (Lipinski definition) is 4. The summed E-state index contributed by atoms with van der Waals surface area (Å²) in [5.41, 5.74) is 1.17. The fraction of sp³-hybridized carbons (Fsp3) is 0.786. The van der Waals surface area contributed by atoms with Crippen LogP contribution in [-0.4, -0.2) is 59.5 Å². The van der Waals surface area contributed by atoms with Crippen LogP contribution in [0.5, 0.6) is 0 Å². The van der Waals surface area contributed by atoms with Gasteiger partial charge in [0, 0.05) is 31.0 Å². The van der Waals surface area contributed by atoms with E-state index < -0.39 is 0 Å². The number of imidazole rings is 1. The normalized spacial score (nSPS) is 22.9. The number of aromatic nitrogens is 2. The van der Waals surface area contributed by atoms with E-state index in [1.807, 2.05) is 6.20 Å². The topological polar surface area (TPSA) is 47.2 Å². The Bertz CT molecular complexity index is 387. The van der Waals surface area contributed by atoms with E-state index in [0.29, 0.717) is 12.1 Å². The summed E-state index contributed by atoms with van der Waals surface area (Å²) < 4.78 is 0. The van der Waals surface area contributed by atoms with Crippen LogP contribution in [0.25, 0.3) is 0 Å². The first kappa shape index (κ1) is 14.5. The van der Waals surface area contributed by atoms with E-state index in [9.17, 15) is 0 Å². The van der Waals surface area contributed by atoms with Crippen molar-refractivity contribution in [3.05, 3.63) is 17.7 Å². The van der Waals surface area contributed by atoms with E-state index in [1.54, 1.807) is 0 Å². The van der Waals surface area contributed by atoms with Gasteiger partial charge in [0.05, 0.1) is 6.04 Å². The largest absolute Gasteiger partial charge is 0.343 e. The molecule has 2 N–H and O–H groups in total. The van der Waals surface area contributed by atoms with Crippen molar-refractivity contribution in [2.24, 2.45) is 0 Å². The van der Waals surface area contributed by atoms with Crippen molar-refractivity contribution < 1.29 is 0 Å². The molecule has 1 atom stereocenters. The maximum atomic E-state index is 4.58. The van der Waals surface area contributed by atoms with Gasteiger partial charge in [0.1, 0.15) is 5.82 Å². The zero-order valence-electron chi connectivity index (χ0n) is 12.6. The molecule has 2 rings (SSSR count). The van der Waals surface area contributed by atoms with Crippen LogP contribution in [0.15, 0.2) is 6.20 Å². The van der Waals surface area contributed by atoms with Crippen molar-refractivity contribution in [2.75, 3.05) is 33.7 Å². The summed E-state index contributed by atoms with van der Waals surface area (Å²) in [5.74, 6) is 1.09. The third-order valence-electron chi connectivity index (χ3n) is 3.73. The zero-order valence-corrected chi connectivity index (χ0v) is 12.6. The van der Waals surface area contributed by atoms with Crippen LogP contribution in [0, 0.1) is 0 Å². The first-order valence-electron chi connectivity index (χ1n) is 7.22. The molecule has 1 unspecified atom stereocenters. The number of likely N-dealkylation sites (N-methyl/N-ethyl adjacent to an activating group) is 2. The van der Waals surface area contributed by atoms with Gasteiger partial charge in [0.25, 0.3) is 0 Å². The molecule has 1 aliphatic rings. The lowest BCUT2D eigenvalue weighted by atomic mass is 10.2. The molecule has 0 bridgehead atoms. The van der Waals surface area contributed by atoms with Gasteiger partial charge < -0.3 is 15.2 Å². The fourth-order valence-electron chi connectivity index (χ4n) is 2.52. The minimum absolute atomic E-state index is 0.375. The van der Waals surface area contributed by atoms with Gasteiger partial charge in [0.2, 0.25) is 0 Å². The molecule has 0 amide bonds. The molecule has 19 heavy (non-hydrogen) atoms. The van der Waals surface area contributed by atoms with Crippen LogP contribution in [0.1, 0.15) is 37.8 Å². The number of nitrogens with one attached hydrogen (secondary N) is 2. The zero-order chi connectivity index (χ0) is 13.8. The summed E-state index contributed by atoms with van der Waals surface area (Å²) in [5, 5.41) is 3.42. The summed E-state index contributed by atoms with van der Waals surface area (Å²) in [6.45, 7) is 8.52. The summed E-state index contributed by atoms with van der Waals surface area (Å²) in [6, 6.07) is 0.874. The van der Waals surface area contributed by atoms with E-state index in [0.717, 1.165) is 25.5 Å². The first-order chi connectivity index (χ1) is 9.06. The number of hydrogen-bond donors (Lipinski definition) is 2. The van der Waals surface area contributed by atoms with E-state index in [4.69, 9.17) is 0 Å². The van der Waals surface area contributed by atoms with Gasteiger partial charge in [-0.2, -0.15) is 0 Å². The standard InChI is InChI=1S/C14H27N5/c1-11(2)15-8-12-9-16-14(17-12)13-10-18(3)6-5-7-19(13)4/h9,11,13,15H,5-8,10H2,1-4H3,(H,16,17). The van der Waals surface area contributed by atoms with Crippen LogP contribution in [-0.2, 0) is 6.54 Å². The minimum atomic E-state index is 0.375. The van der Waals surface area contributed by atoms with Gasteiger partial charge in [0.15, 0.2) is 0 Å². The van der Waals surface area contributed by atoms with E-state index >= 15 is 0 Å². The highest BCUT2D eigenvalue weighted by Gasteiger charge is 2.24. The molecule has 1 aliphatic heterocycles. The predicted molar refractivity (Wildman–Crippen MR) is 78.0 cm³/mol. The molecule has 5 heteroatoms. The van der Waals surface area contributed by atoms with Gasteiger partial charge in [-0.05, 0) is 33.6 Å². The molecule has 0 aromatic carbocycles. The molecule has 1 fully saturated rings. The second-order valence-electron chi connectivity index (χ2n) is 5.94. The van der Waals surface area contributed by atoms with Crippen molar-refractivity contribution in [3.8, 4) is 0 Å². The third kappa shape index (κ3) is 4.03. The average Bonchev–Trinajstić information content (AvgIpc) is 2.75. The van der Waals surface area contributed by atoms with Crippen LogP contribution >= 0.6 is 0 Å². The van der Waals surface area contributed by atoms with Crippen molar-refractivity contribution in [1.29, 1.82) is 0 Å². The second-order valence-corrected chi connectivity index (χ2v) is 5.94. The Kier molecular flexibility index (Phi) is 4.96. The van der Waals surface area contributed by atoms with Crippen LogP contribution in [0.4, 0.5) is 0 Å². The highest BCUT2D eigenvalue weighted by Crippen LogP contribution is 2.20. The summed E-state index contributed by atoms with van der Waals surface area (Å²) in [4.78, 5) is 12.9. The van der Waals surface area contributed by atoms with Gasteiger partial charge in [-0.3, -0.25) is 4.90 Å².